The zero-order valence-corrected chi connectivity index (χ0v) is 20.4. The van der Waals surface area contributed by atoms with Gasteiger partial charge in [0.1, 0.15) is 11.9 Å². The zero-order valence-electron chi connectivity index (χ0n) is 19.6. The highest BCUT2D eigenvalue weighted by Gasteiger charge is 2.28. The molecular weight excluding hydrogens is 462 g/mol. The number of amides is 1. The van der Waals surface area contributed by atoms with E-state index in [9.17, 15) is 9.90 Å². The molecule has 1 saturated heterocycles. The smallest absolute Gasteiger partial charge is 0.251 e. The van der Waals surface area contributed by atoms with Gasteiger partial charge in [0.15, 0.2) is 5.13 Å². The van der Waals surface area contributed by atoms with E-state index in [0.717, 1.165) is 21.0 Å². The second-order valence-electron chi connectivity index (χ2n) is 8.29. The largest absolute Gasteiger partial charge is 0.437 e. The third-order valence-electron chi connectivity index (χ3n) is 5.76. The summed E-state index contributed by atoms with van der Waals surface area (Å²) in [6, 6.07) is 15.5. The molecule has 0 bridgehead atoms. The van der Waals surface area contributed by atoms with Gasteiger partial charge in [-0.2, -0.15) is 0 Å². The van der Waals surface area contributed by atoms with Crippen molar-refractivity contribution in [2.24, 2.45) is 16.6 Å². The standard InChI is InChI=1S/C26H29N5O3S/c1-3-14-28-24(23(27)18-12-15-31(16-13-18)25(33)17(2)32)34-20-10-8-19(9-11-20)29-26-30-21-6-4-5-7-22(21)35-26/h3-11,14,17-18,32H,1,12-13,15-16,27H2,2H3,(H,29,30)/b24-23+,28-14?/t17-/m1/s1. The summed E-state index contributed by atoms with van der Waals surface area (Å²) < 4.78 is 7.17. The first-order valence-corrected chi connectivity index (χ1v) is 12.3. The van der Waals surface area contributed by atoms with Gasteiger partial charge in [-0.25, -0.2) is 9.98 Å². The number of allylic oxidation sites excluding steroid dienone is 2. The quantitative estimate of drug-likeness (QED) is 0.318. The number of aliphatic imine (C=N–C) groups is 1. The normalized spacial score (nSPS) is 16.2. The molecule has 1 atom stereocenters. The first-order valence-electron chi connectivity index (χ1n) is 11.5. The number of ether oxygens (including phenoxy) is 1. The molecule has 4 N–H and O–H groups in total. The van der Waals surface area contributed by atoms with Crippen molar-refractivity contribution in [2.75, 3.05) is 18.4 Å². The Morgan fingerprint density at radius 3 is 2.66 bits per heavy atom. The maximum Gasteiger partial charge on any atom is 0.251 e. The monoisotopic (exact) mass is 491 g/mol. The lowest BCUT2D eigenvalue weighted by atomic mass is 9.93. The molecule has 1 aliphatic heterocycles. The molecule has 3 aromatic rings. The van der Waals surface area contributed by atoms with Crippen LogP contribution in [0.2, 0.25) is 0 Å². The highest BCUT2D eigenvalue weighted by atomic mass is 32.1. The minimum atomic E-state index is -0.998. The van der Waals surface area contributed by atoms with Crippen LogP contribution in [0.3, 0.4) is 0 Å². The second-order valence-corrected chi connectivity index (χ2v) is 9.32. The van der Waals surface area contributed by atoms with Crippen LogP contribution in [0, 0.1) is 5.92 Å². The lowest BCUT2D eigenvalue weighted by Gasteiger charge is -2.33. The van der Waals surface area contributed by atoms with Crippen molar-refractivity contribution in [3.63, 3.8) is 0 Å². The van der Waals surface area contributed by atoms with E-state index >= 15 is 0 Å². The summed E-state index contributed by atoms with van der Waals surface area (Å²) in [4.78, 5) is 22.7. The molecule has 2 aromatic carbocycles. The van der Waals surface area contributed by atoms with Gasteiger partial charge in [0.25, 0.3) is 5.91 Å². The molecule has 0 spiro atoms. The Labute approximate surface area is 208 Å². The number of aromatic nitrogens is 1. The number of benzene rings is 2. The highest BCUT2D eigenvalue weighted by Crippen LogP contribution is 2.30. The number of hydrogen-bond acceptors (Lipinski definition) is 8. The topological polar surface area (TPSA) is 113 Å². The average molecular weight is 492 g/mol. The van der Waals surface area contributed by atoms with Crippen molar-refractivity contribution in [2.45, 2.75) is 25.9 Å². The molecule has 0 unspecified atom stereocenters. The van der Waals surface area contributed by atoms with Crippen molar-refractivity contribution in [1.82, 2.24) is 9.88 Å². The predicted octanol–water partition coefficient (Wildman–Crippen LogP) is 4.42. The summed E-state index contributed by atoms with van der Waals surface area (Å²) in [7, 11) is 0. The first kappa shape index (κ1) is 24.4. The number of para-hydroxylation sites is 1. The lowest BCUT2D eigenvalue weighted by Crippen LogP contribution is -2.43. The number of piperidine rings is 1. The molecule has 1 fully saturated rings. The van der Waals surface area contributed by atoms with Crippen molar-refractivity contribution in [3.05, 3.63) is 72.8 Å². The fourth-order valence-corrected chi connectivity index (χ4v) is 4.78. The number of thiazole rings is 1. The minimum Gasteiger partial charge on any atom is -0.437 e. The average Bonchev–Trinajstić information content (AvgIpc) is 3.29. The molecule has 2 heterocycles. The van der Waals surface area contributed by atoms with E-state index in [4.69, 9.17) is 10.5 Å². The lowest BCUT2D eigenvalue weighted by molar-refractivity contribution is -0.140. The van der Waals surface area contributed by atoms with E-state index in [0.29, 0.717) is 43.3 Å². The molecule has 1 amide bonds. The summed E-state index contributed by atoms with van der Waals surface area (Å²) in [6.45, 7) is 6.21. The minimum absolute atomic E-state index is 0.0185. The van der Waals surface area contributed by atoms with Crippen molar-refractivity contribution in [3.8, 4) is 5.75 Å². The van der Waals surface area contributed by atoms with Crippen LogP contribution in [0.5, 0.6) is 5.75 Å². The number of nitrogens with two attached hydrogens (primary N) is 1. The van der Waals surface area contributed by atoms with Gasteiger partial charge in [-0.05, 0) is 56.2 Å². The summed E-state index contributed by atoms with van der Waals surface area (Å²) >= 11 is 1.59. The maximum atomic E-state index is 12.0. The number of hydrogen-bond donors (Lipinski definition) is 3. The fourth-order valence-electron chi connectivity index (χ4n) is 3.90. The molecule has 9 heteroatoms. The third kappa shape index (κ3) is 6.06. The Morgan fingerprint density at radius 1 is 1.29 bits per heavy atom. The molecule has 1 aromatic heterocycles. The molecule has 4 rings (SSSR count). The molecule has 1 aliphatic rings. The molecule has 0 radical (unpaired) electrons. The fraction of sp³-hybridized carbons (Fsp3) is 0.269. The van der Waals surface area contributed by atoms with Crippen LogP contribution < -0.4 is 15.8 Å². The summed E-state index contributed by atoms with van der Waals surface area (Å²) in [5.74, 6) is 0.675. The van der Waals surface area contributed by atoms with Crippen LogP contribution in [0.15, 0.2) is 77.8 Å². The molecule has 182 valence electrons. The number of anilines is 2. The van der Waals surface area contributed by atoms with Crippen LogP contribution >= 0.6 is 11.3 Å². The molecule has 35 heavy (non-hydrogen) atoms. The molecule has 0 saturated carbocycles. The van der Waals surface area contributed by atoms with Gasteiger partial charge in [0, 0.05) is 30.9 Å². The van der Waals surface area contributed by atoms with Gasteiger partial charge in [-0.1, -0.05) is 36.1 Å². The van der Waals surface area contributed by atoms with Crippen molar-refractivity contribution < 1.29 is 14.6 Å². The number of nitrogens with one attached hydrogen (secondary N) is 1. The number of likely N-dealkylation sites (tertiary alicyclic amines) is 1. The van der Waals surface area contributed by atoms with Crippen LogP contribution in [-0.4, -0.2) is 46.3 Å². The number of fused-ring (bicyclic) bond motifs is 1. The van der Waals surface area contributed by atoms with Crippen LogP contribution in [0.1, 0.15) is 19.8 Å². The van der Waals surface area contributed by atoms with Gasteiger partial charge in [-0.3, -0.25) is 4.79 Å². The number of aliphatic hydroxyl groups excluding tert-OH is 1. The van der Waals surface area contributed by atoms with Gasteiger partial charge in [0.05, 0.1) is 15.9 Å². The van der Waals surface area contributed by atoms with E-state index in [2.05, 4.69) is 21.9 Å². The predicted molar refractivity (Wildman–Crippen MR) is 141 cm³/mol. The van der Waals surface area contributed by atoms with Gasteiger partial charge >= 0.3 is 0 Å². The van der Waals surface area contributed by atoms with Crippen LogP contribution in [0.4, 0.5) is 10.8 Å². The van der Waals surface area contributed by atoms with E-state index in [-0.39, 0.29) is 11.8 Å². The summed E-state index contributed by atoms with van der Waals surface area (Å²) in [6.07, 6.45) is 3.45. The summed E-state index contributed by atoms with van der Waals surface area (Å²) in [5.41, 5.74) is 8.85. The van der Waals surface area contributed by atoms with Gasteiger partial charge in [0.2, 0.25) is 5.88 Å². The van der Waals surface area contributed by atoms with E-state index < -0.39 is 6.10 Å². The number of nitrogens with zero attached hydrogens (tertiary/aromatic N) is 3. The highest BCUT2D eigenvalue weighted by molar-refractivity contribution is 7.22. The Kier molecular flexibility index (Phi) is 7.79. The second kappa shape index (κ2) is 11.2. The van der Waals surface area contributed by atoms with Crippen LogP contribution in [-0.2, 0) is 4.79 Å². The maximum absolute atomic E-state index is 12.0. The van der Waals surface area contributed by atoms with E-state index in [1.54, 1.807) is 22.3 Å². The molecule has 0 aliphatic carbocycles. The Balaban J connectivity index is 1.44. The van der Waals surface area contributed by atoms with E-state index in [1.165, 1.54) is 13.1 Å². The number of rotatable bonds is 8. The van der Waals surface area contributed by atoms with Gasteiger partial charge in [-0.15, -0.1) is 0 Å². The Hall–Kier alpha value is -3.69. The number of carbonyl (C=O) groups excluding carboxylic acids is 1. The molecule has 8 nitrogen and oxygen atoms in total. The van der Waals surface area contributed by atoms with E-state index in [1.807, 2.05) is 48.5 Å². The number of carbonyl (C=O) groups is 1. The van der Waals surface area contributed by atoms with Gasteiger partial charge < -0.3 is 25.8 Å². The Morgan fingerprint density at radius 2 is 2.00 bits per heavy atom. The SMILES string of the molecule is C=CC=N/C(Oc1ccc(Nc2nc3ccccc3s2)cc1)=C(\N)C1CCN(C(=O)[C@@H](C)O)CC1. The Bertz CT molecular complexity index is 1210. The van der Waals surface area contributed by atoms with Crippen LogP contribution in [0.25, 0.3) is 10.2 Å². The third-order valence-corrected chi connectivity index (χ3v) is 6.71. The number of aliphatic hydroxyl groups is 1. The zero-order chi connectivity index (χ0) is 24.8. The molecular formula is C26H29N5O3S. The summed E-state index contributed by atoms with van der Waals surface area (Å²) in [5, 5.41) is 13.7. The van der Waals surface area contributed by atoms with Crippen molar-refractivity contribution in [1.29, 1.82) is 0 Å². The van der Waals surface area contributed by atoms with Crippen molar-refractivity contribution >= 4 is 44.5 Å². The first-order chi connectivity index (χ1) is 16.9.